The molecule has 0 aliphatic heterocycles. The molecule has 0 radical (unpaired) electrons. The predicted octanol–water partition coefficient (Wildman–Crippen LogP) is 0.0544. The lowest BCUT2D eigenvalue weighted by Gasteiger charge is -2.14. The van der Waals surface area contributed by atoms with Crippen molar-refractivity contribution in [2.45, 2.75) is 12.5 Å². The Hall–Kier alpha value is -2.03. The summed E-state index contributed by atoms with van der Waals surface area (Å²) in [5.41, 5.74) is -0.438. The average Bonchev–Trinajstić information content (AvgIpc) is 2.76. The number of carboxylic acids is 2. The van der Waals surface area contributed by atoms with E-state index in [4.69, 9.17) is 10.2 Å². The molecule has 0 aromatic carbocycles. The Labute approximate surface area is 119 Å². The van der Waals surface area contributed by atoms with Gasteiger partial charge in [0, 0.05) is 7.05 Å². The van der Waals surface area contributed by atoms with E-state index in [-0.39, 0.29) is 17.7 Å². The molecule has 0 fully saturated rings. The fourth-order valence-electron chi connectivity index (χ4n) is 1.58. The molecule has 1 aromatic heterocycles. The Bertz CT molecular complexity index is 528. The van der Waals surface area contributed by atoms with Gasteiger partial charge in [0.15, 0.2) is 0 Å². The monoisotopic (exact) mass is 301 g/mol. The number of thioether (sulfide) groups is 1. The van der Waals surface area contributed by atoms with Crippen LogP contribution in [0.4, 0.5) is 0 Å². The largest absolute Gasteiger partial charge is 0.480 e. The first-order chi connectivity index (χ1) is 9.38. The van der Waals surface area contributed by atoms with Gasteiger partial charge in [-0.3, -0.25) is 9.48 Å². The molecule has 0 saturated carbocycles. The number of carboxylic acid groups (broad SMARTS) is 2. The van der Waals surface area contributed by atoms with Gasteiger partial charge in [0.1, 0.15) is 17.3 Å². The zero-order chi connectivity index (χ0) is 15.3. The number of nitrogens with zero attached hydrogens (tertiary/aromatic N) is 2. The molecule has 0 aliphatic rings. The molecule has 0 spiro atoms. The molecule has 0 bridgehead atoms. The molecule has 3 N–H and O–H groups in total. The minimum Gasteiger partial charge on any atom is -0.480 e. The maximum atomic E-state index is 12.0. The van der Waals surface area contributed by atoms with Crippen molar-refractivity contribution in [3.05, 3.63) is 17.5 Å². The lowest BCUT2D eigenvalue weighted by atomic mass is 10.2. The van der Waals surface area contributed by atoms with Gasteiger partial charge < -0.3 is 15.5 Å². The summed E-state index contributed by atoms with van der Waals surface area (Å²) in [7, 11) is 1.42. The van der Waals surface area contributed by atoms with E-state index in [0.29, 0.717) is 5.75 Å². The highest BCUT2D eigenvalue weighted by Crippen LogP contribution is 2.09. The Morgan fingerprint density at radius 1 is 1.45 bits per heavy atom. The van der Waals surface area contributed by atoms with Gasteiger partial charge in [0.2, 0.25) is 0 Å². The molecule has 0 unspecified atom stereocenters. The minimum atomic E-state index is -1.29. The second-order valence-corrected chi connectivity index (χ2v) is 4.97. The van der Waals surface area contributed by atoms with Crippen molar-refractivity contribution in [3.8, 4) is 0 Å². The number of rotatable bonds is 7. The van der Waals surface area contributed by atoms with Gasteiger partial charge in [-0.15, -0.1) is 0 Å². The Morgan fingerprint density at radius 2 is 2.10 bits per heavy atom. The number of carbonyl (C=O) groups is 3. The molecule has 1 rings (SSSR count). The van der Waals surface area contributed by atoms with Crippen LogP contribution in [-0.2, 0) is 11.8 Å². The molecule has 1 amide bonds. The molecule has 0 aliphatic carbocycles. The number of nitrogens with one attached hydrogen (secondary N) is 1. The molecule has 0 saturated heterocycles. The first kappa shape index (κ1) is 16.0. The normalized spacial score (nSPS) is 11.9. The van der Waals surface area contributed by atoms with E-state index in [1.54, 1.807) is 0 Å². The third-order valence-electron chi connectivity index (χ3n) is 2.60. The van der Waals surface area contributed by atoms with E-state index in [1.165, 1.54) is 18.8 Å². The van der Waals surface area contributed by atoms with Crippen LogP contribution in [0.2, 0.25) is 0 Å². The fraction of sp³-hybridized carbons (Fsp3) is 0.455. The number of aromatic nitrogens is 2. The highest BCUT2D eigenvalue weighted by Gasteiger charge is 2.26. The highest BCUT2D eigenvalue weighted by molar-refractivity contribution is 7.98. The third-order valence-corrected chi connectivity index (χ3v) is 3.24. The molecule has 8 nitrogen and oxygen atoms in total. The second-order valence-electron chi connectivity index (χ2n) is 3.98. The molecule has 20 heavy (non-hydrogen) atoms. The van der Waals surface area contributed by atoms with Crippen LogP contribution in [0.5, 0.6) is 0 Å². The van der Waals surface area contributed by atoms with E-state index >= 15 is 0 Å². The van der Waals surface area contributed by atoms with Gasteiger partial charge in [-0.1, -0.05) is 0 Å². The summed E-state index contributed by atoms with van der Waals surface area (Å²) >= 11 is 1.46. The van der Waals surface area contributed by atoms with Gasteiger partial charge in [0.25, 0.3) is 5.91 Å². The van der Waals surface area contributed by atoms with Gasteiger partial charge in [0.05, 0.1) is 6.20 Å². The van der Waals surface area contributed by atoms with Crippen molar-refractivity contribution in [3.63, 3.8) is 0 Å². The van der Waals surface area contributed by atoms with Crippen LogP contribution in [0.25, 0.3) is 0 Å². The van der Waals surface area contributed by atoms with E-state index < -0.39 is 23.9 Å². The van der Waals surface area contributed by atoms with Crippen LogP contribution >= 0.6 is 11.8 Å². The molecular weight excluding hydrogens is 286 g/mol. The second kappa shape index (κ2) is 6.94. The maximum Gasteiger partial charge on any atom is 0.339 e. The van der Waals surface area contributed by atoms with E-state index in [2.05, 4.69) is 10.4 Å². The summed E-state index contributed by atoms with van der Waals surface area (Å²) in [6.07, 6.45) is 3.13. The number of aliphatic carboxylic acids is 1. The van der Waals surface area contributed by atoms with Gasteiger partial charge >= 0.3 is 11.9 Å². The van der Waals surface area contributed by atoms with Crippen LogP contribution in [0.15, 0.2) is 6.20 Å². The number of aryl methyl sites for hydroxylation is 1. The summed E-state index contributed by atoms with van der Waals surface area (Å²) < 4.78 is 1.10. The van der Waals surface area contributed by atoms with E-state index in [9.17, 15) is 14.4 Å². The third kappa shape index (κ3) is 3.73. The molecule has 1 heterocycles. The summed E-state index contributed by atoms with van der Waals surface area (Å²) in [6.45, 7) is 0. The summed E-state index contributed by atoms with van der Waals surface area (Å²) in [5.74, 6) is -2.66. The highest BCUT2D eigenvalue weighted by atomic mass is 32.2. The number of hydrogen-bond acceptors (Lipinski definition) is 5. The molecular formula is C11H15N3O5S. The van der Waals surface area contributed by atoms with Gasteiger partial charge in [-0.25, -0.2) is 9.59 Å². The average molecular weight is 301 g/mol. The molecule has 9 heteroatoms. The lowest BCUT2D eigenvalue weighted by molar-refractivity contribution is -0.139. The zero-order valence-electron chi connectivity index (χ0n) is 11.0. The van der Waals surface area contributed by atoms with Crippen molar-refractivity contribution in [1.82, 2.24) is 15.1 Å². The van der Waals surface area contributed by atoms with Crippen LogP contribution in [0.3, 0.4) is 0 Å². The predicted molar refractivity (Wildman–Crippen MR) is 72.1 cm³/mol. The van der Waals surface area contributed by atoms with Gasteiger partial charge in [-0.2, -0.15) is 16.9 Å². The van der Waals surface area contributed by atoms with Crippen LogP contribution < -0.4 is 5.32 Å². The first-order valence-electron chi connectivity index (χ1n) is 5.66. The standard InChI is InChI=1S/C11H15N3O5S/c1-14-8(6(5-12-14)10(16)17)9(15)13-7(11(18)19)3-4-20-2/h5,7H,3-4H2,1-2H3,(H,13,15)(H,16,17)(H,18,19)/t7-/m1/s1. The number of aromatic carboxylic acids is 1. The fourth-order valence-corrected chi connectivity index (χ4v) is 2.05. The van der Waals surface area contributed by atoms with Gasteiger partial charge in [-0.05, 0) is 18.4 Å². The van der Waals surface area contributed by atoms with Crippen molar-refractivity contribution in [2.75, 3.05) is 12.0 Å². The van der Waals surface area contributed by atoms with E-state index in [1.807, 2.05) is 6.26 Å². The Balaban J connectivity index is 2.92. The molecule has 110 valence electrons. The van der Waals surface area contributed by atoms with Crippen LogP contribution in [0.1, 0.15) is 27.3 Å². The number of amides is 1. The summed E-state index contributed by atoms with van der Waals surface area (Å²) in [4.78, 5) is 34.1. The first-order valence-corrected chi connectivity index (χ1v) is 7.05. The van der Waals surface area contributed by atoms with Crippen LogP contribution in [0, 0.1) is 0 Å². The summed E-state index contributed by atoms with van der Waals surface area (Å²) in [5, 5.41) is 24.0. The lowest BCUT2D eigenvalue weighted by Crippen LogP contribution is -2.42. The number of hydrogen-bond donors (Lipinski definition) is 3. The maximum absolute atomic E-state index is 12.0. The van der Waals surface area contributed by atoms with Crippen LogP contribution in [-0.4, -0.2) is 55.9 Å². The smallest absolute Gasteiger partial charge is 0.339 e. The molecule has 1 atom stereocenters. The van der Waals surface area contributed by atoms with Crippen molar-refractivity contribution in [2.24, 2.45) is 7.05 Å². The van der Waals surface area contributed by atoms with Crippen molar-refractivity contribution < 1.29 is 24.6 Å². The number of carbonyl (C=O) groups excluding carboxylic acids is 1. The quantitative estimate of drug-likeness (QED) is 0.650. The summed E-state index contributed by atoms with van der Waals surface area (Å²) in [6, 6.07) is -1.06. The topological polar surface area (TPSA) is 122 Å². The Kier molecular flexibility index (Phi) is 5.56. The van der Waals surface area contributed by atoms with E-state index in [0.717, 1.165) is 10.9 Å². The zero-order valence-corrected chi connectivity index (χ0v) is 11.8. The van der Waals surface area contributed by atoms with Crippen molar-refractivity contribution >= 4 is 29.6 Å². The van der Waals surface area contributed by atoms with Crippen molar-refractivity contribution in [1.29, 1.82) is 0 Å². The minimum absolute atomic E-state index is 0.173. The SMILES string of the molecule is CSCC[C@@H](NC(=O)c1c(C(=O)O)cnn1C)C(=O)O. The Morgan fingerprint density at radius 3 is 2.60 bits per heavy atom. The molecule has 1 aromatic rings.